The van der Waals surface area contributed by atoms with E-state index in [1.807, 2.05) is 30.3 Å². The predicted octanol–water partition coefficient (Wildman–Crippen LogP) is 2.28. The molecule has 0 radical (unpaired) electrons. The fourth-order valence-electron chi connectivity index (χ4n) is 0.995. The van der Waals surface area contributed by atoms with Crippen LogP contribution in [0.2, 0.25) is 0 Å². The summed E-state index contributed by atoms with van der Waals surface area (Å²) in [4.78, 5) is 0. The summed E-state index contributed by atoms with van der Waals surface area (Å²) in [7, 11) is -1.47. The maximum Gasteiger partial charge on any atom is 0.104 e. The lowest BCUT2D eigenvalue weighted by Gasteiger charge is -1.97. The van der Waals surface area contributed by atoms with Crippen LogP contribution in [0.5, 0.6) is 0 Å². The Morgan fingerprint density at radius 3 is 2.45 bits per heavy atom. The molecule has 1 aromatic carbocycles. The third-order valence-corrected chi connectivity index (χ3v) is 3.50. The van der Waals surface area contributed by atoms with Crippen molar-refractivity contribution in [3.63, 3.8) is 0 Å². The molecule has 1 unspecified atom stereocenters. The largest absolute Gasteiger partial charge is 0.322 e. The first-order valence-electron chi connectivity index (χ1n) is 3.93. The van der Waals surface area contributed by atoms with Gasteiger partial charge in [0.25, 0.3) is 0 Å². The van der Waals surface area contributed by atoms with E-state index in [-0.39, 0.29) is 0 Å². The molecule has 11 heavy (non-hydrogen) atoms. The average Bonchev–Trinajstić information content (AvgIpc) is 2.07. The minimum atomic E-state index is -1.47. The molecule has 1 aromatic rings. The third kappa shape index (κ3) is 2.51. The van der Waals surface area contributed by atoms with Crippen molar-refractivity contribution in [1.29, 1.82) is 0 Å². The molecule has 0 amide bonds. The standard InChI is InChI=1S/C9H13OP/c1-2-8-11(10)9-6-4-3-5-7-9/h3-7,11H,2,8H2,1H3. The molecule has 0 saturated heterocycles. The van der Waals surface area contributed by atoms with E-state index in [0.717, 1.165) is 17.9 Å². The lowest BCUT2D eigenvalue weighted by Crippen LogP contribution is -1.95. The van der Waals surface area contributed by atoms with Crippen LogP contribution in [-0.2, 0) is 4.57 Å². The highest BCUT2D eigenvalue weighted by molar-refractivity contribution is 7.53. The highest BCUT2D eigenvalue weighted by Gasteiger charge is 1.98. The van der Waals surface area contributed by atoms with Crippen LogP contribution in [0.25, 0.3) is 0 Å². The van der Waals surface area contributed by atoms with Gasteiger partial charge in [-0.15, -0.1) is 0 Å². The van der Waals surface area contributed by atoms with Crippen molar-refractivity contribution < 1.29 is 4.57 Å². The molecule has 60 valence electrons. The van der Waals surface area contributed by atoms with Gasteiger partial charge in [0.15, 0.2) is 0 Å². The molecule has 0 aliphatic carbocycles. The van der Waals surface area contributed by atoms with Crippen molar-refractivity contribution in [2.45, 2.75) is 13.3 Å². The van der Waals surface area contributed by atoms with Gasteiger partial charge in [-0.05, 0) is 6.42 Å². The van der Waals surface area contributed by atoms with Crippen molar-refractivity contribution in [3.05, 3.63) is 30.3 Å². The summed E-state index contributed by atoms with van der Waals surface area (Å²) in [6, 6.07) is 9.71. The summed E-state index contributed by atoms with van der Waals surface area (Å²) >= 11 is 0. The monoisotopic (exact) mass is 168 g/mol. The van der Waals surface area contributed by atoms with Crippen LogP contribution >= 0.6 is 7.80 Å². The Kier molecular flexibility index (Phi) is 3.38. The zero-order valence-corrected chi connectivity index (χ0v) is 7.71. The molecule has 0 aliphatic heterocycles. The van der Waals surface area contributed by atoms with Gasteiger partial charge in [-0.1, -0.05) is 37.3 Å². The minimum absolute atomic E-state index is 0.842. The topological polar surface area (TPSA) is 17.1 Å². The van der Waals surface area contributed by atoms with Gasteiger partial charge < -0.3 is 4.57 Å². The Hall–Kier alpha value is -0.550. The number of hydrogen-bond acceptors (Lipinski definition) is 1. The van der Waals surface area contributed by atoms with Crippen LogP contribution < -0.4 is 5.30 Å². The first-order chi connectivity index (χ1) is 5.34. The molecule has 0 aromatic heterocycles. The first-order valence-corrected chi connectivity index (χ1v) is 5.54. The van der Waals surface area contributed by atoms with Crippen molar-refractivity contribution in [2.24, 2.45) is 0 Å². The Morgan fingerprint density at radius 2 is 1.91 bits per heavy atom. The third-order valence-electron chi connectivity index (χ3n) is 1.57. The Balaban J connectivity index is 2.69. The molecule has 1 nitrogen and oxygen atoms in total. The Bertz CT molecular complexity index is 231. The van der Waals surface area contributed by atoms with E-state index in [4.69, 9.17) is 0 Å². The van der Waals surface area contributed by atoms with Crippen molar-refractivity contribution >= 4 is 13.1 Å². The molecular weight excluding hydrogens is 155 g/mol. The van der Waals surface area contributed by atoms with Crippen molar-refractivity contribution in [1.82, 2.24) is 0 Å². The maximum absolute atomic E-state index is 11.4. The van der Waals surface area contributed by atoms with E-state index in [1.165, 1.54) is 0 Å². The van der Waals surface area contributed by atoms with E-state index in [0.29, 0.717) is 0 Å². The van der Waals surface area contributed by atoms with E-state index < -0.39 is 7.80 Å². The first kappa shape index (κ1) is 8.55. The highest BCUT2D eigenvalue weighted by Crippen LogP contribution is 2.19. The summed E-state index contributed by atoms with van der Waals surface area (Å²) in [6.07, 6.45) is 1.85. The zero-order chi connectivity index (χ0) is 8.10. The van der Waals surface area contributed by atoms with Crippen LogP contribution in [0.1, 0.15) is 13.3 Å². The second-order valence-electron chi connectivity index (χ2n) is 2.54. The molecule has 0 aliphatic rings. The summed E-state index contributed by atoms with van der Waals surface area (Å²) in [5.74, 6) is 0. The van der Waals surface area contributed by atoms with Gasteiger partial charge in [0, 0.05) is 11.5 Å². The smallest absolute Gasteiger partial charge is 0.104 e. The van der Waals surface area contributed by atoms with E-state index in [1.54, 1.807) is 0 Å². The van der Waals surface area contributed by atoms with E-state index in [9.17, 15) is 4.57 Å². The number of hydrogen-bond donors (Lipinski definition) is 0. The van der Waals surface area contributed by atoms with Crippen LogP contribution in [-0.4, -0.2) is 6.16 Å². The summed E-state index contributed by atoms with van der Waals surface area (Å²) in [5, 5.41) is 1.01. The molecule has 0 bridgehead atoms. The van der Waals surface area contributed by atoms with Crippen LogP contribution in [0.15, 0.2) is 30.3 Å². The molecule has 0 saturated carbocycles. The van der Waals surface area contributed by atoms with Gasteiger partial charge in [-0.2, -0.15) is 0 Å². The molecule has 1 rings (SSSR count). The summed E-state index contributed by atoms with van der Waals surface area (Å²) in [6.45, 7) is 2.06. The molecule has 0 heterocycles. The van der Waals surface area contributed by atoms with Crippen molar-refractivity contribution in [3.8, 4) is 0 Å². The molecular formula is C9H13OP. The maximum atomic E-state index is 11.4. The molecule has 1 atom stereocenters. The fraction of sp³-hybridized carbons (Fsp3) is 0.333. The highest BCUT2D eigenvalue weighted by atomic mass is 31.1. The molecule has 0 spiro atoms. The van der Waals surface area contributed by atoms with Gasteiger partial charge in [0.2, 0.25) is 0 Å². The number of benzene rings is 1. The second-order valence-corrected chi connectivity index (χ2v) is 4.46. The molecule has 2 heteroatoms. The quantitative estimate of drug-likeness (QED) is 0.633. The molecule has 0 fully saturated rings. The van der Waals surface area contributed by atoms with Crippen LogP contribution in [0.3, 0.4) is 0 Å². The van der Waals surface area contributed by atoms with Crippen molar-refractivity contribution in [2.75, 3.05) is 6.16 Å². The fourth-order valence-corrected chi connectivity index (χ4v) is 2.30. The van der Waals surface area contributed by atoms with E-state index >= 15 is 0 Å². The normalized spacial score (nSPS) is 12.8. The van der Waals surface area contributed by atoms with Crippen LogP contribution in [0.4, 0.5) is 0 Å². The van der Waals surface area contributed by atoms with E-state index in [2.05, 4.69) is 6.92 Å². The van der Waals surface area contributed by atoms with Gasteiger partial charge in [0.05, 0.1) is 0 Å². The van der Waals surface area contributed by atoms with Gasteiger partial charge >= 0.3 is 0 Å². The SMILES string of the molecule is CCC[PH](=O)c1ccccc1. The lowest BCUT2D eigenvalue weighted by atomic mass is 10.4. The van der Waals surface area contributed by atoms with Gasteiger partial charge in [0.1, 0.15) is 7.80 Å². The summed E-state index contributed by atoms with van der Waals surface area (Å²) < 4.78 is 11.4. The lowest BCUT2D eigenvalue weighted by molar-refractivity contribution is 0.592. The predicted molar refractivity (Wildman–Crippen MR) is 50.2 cm³/mol. The van der Waals surface area contributed by atoms with Gasteiger partial charge in [-0.25, -0.2) is 0 Å². The average molecular weight is 168 g/mol. The zero-order valence-electron chi connectivity index (χ0n) is 6.71. The Labute approximate surface area is 68.2 Å². The van der Waals surface area contributed by atoms with Gasteiger partial charge in [-0.3, -0.25) is 0 Å². The van der Waals surface area contributed by atoms with Crippen LogP contribution in [0, 0.1) is 0 Å². The summed E-state index contributed by atoms with van der Waals surface area (Å²) in [5.41, 5.74) is 0. The minimum Gasteiger partial charge on any atom is -0.322 e. The Morgan fingerprint density at radius 1 is 1.27 bits per heavy atom. The number of rotatable bonds is 3. The second kappa shape index (κ2) is 4.35. The molecule has 0 N–H and O–H groups in total.